The van der Waals surface area contributed by atoms with Crippen molar-refractivity contribution < 1.29 is 9.21 Å². The van der Waals surface area contributed by atoms with Gasteiger partial charge in [-0.3, -0.25) is 4.79 Å². The normalized spacial score (nSPS) is 10.9. The number of hydrogen-bond donors (Lipinski definition) is 0. The number of benzene rings is 1. The fourth-order valence-electron chi connectivity index (χ4n) is 2.26. The van der Waals surface area contributed by atoms with Crippen LogP contribution in [0.5, 0.6) is 0 Å². The largest absolute Gasteiger partial charge is 0.456 e. The lowest BCUT2D eigenvalue weighted by Crippen LogP contribution is -2.00. The SMILES string of the molecule is Cc1cc2ccccc2n1Cc1ccc(C=O)o1. The predicted molar refractivity (Wildman–Crippen MR) is 69.9 cm³/mol. The zero-order valence-electron chi connectivity index (χ0n) is 10.1. The first-order chi connectivity index (χ1) is 8.78. The number of carbonyl (C=O) groups excluding carboxylic acids is 1. The molecule has 3 nitrogen and oxygen atoms in total. The van der Waals surface area contributed by atoms with Crippen molar-refractivity contribution in [2.24, 2.45) is 0 Å². The molecule has 0 saturated heterocycles. The summed E-state index contributed by atoms with van der Waals surface area (Å²) in [5.74, 6) is 1.17. The lowest BCUT2D eigenvalue weighted by molar-refractivity contribution is 0.109. The van der Waals surface area contributed by atoms with Crippen LogP contribution < -0.4 is 0 Å². The van der Waals surface area contributed by atoms with E-state index >= 15 is 0 Å². The Kier molecular flexibility index (Phi) is 2.52. The summed E-state index contributed by atoms with van der Waals surface area (Å²) >= 11 is 0. The van der Waals surface area contributed by atoms with Gasteiger partial charge in [0.05, 0.1) is 6.54 Å². The van der Waals surface area contributed by atoms with E-state index in [1.165, 1.54) is 16.6 Å². The van der Waals surface area contributed by atoms with Crippen LogP contribution in [0.4, 0.5) is 0 Å². The van der Waals surface area contributed by atoms with E-state index in [0.717, 1.165) is 12.0 Å². The molecule has 90 valence electrons. The first-order valence-electron chi connectivity index (χ1n) is 5.87. The average Bonchev–Trinajstić information content (AvgIpc) is 2.96. The average molecular weight is 239 g/mol. The summed E-state index contributed by atoms with van der Waals surface area (Å²) in [5, 5.41) is 1.22. The summed E-state index contributed by atoms with van der Waals surface area (Å²) < 4.78 is 7.60. The van der Waals surface area contributed by atoms with Gasteiger partial charge in [-0.15, -0.1) is 0 Å². The topological polar surface area (TPSA) is 35.1 Å². The Labute approximate surface area is 105 Å². The first-order valence-corrected chi connectivity index (χ1v) is 5.87. The van der Waals surface area contributed by atoms with Crippen molar-refractivity contribution in [1.82, 2.24) is 4.57 Å². The van der Waals surface area contributed by atoms with Crippen LogP contribution in [-0.2, 0) is 6.54 Å². The second kappa shape index (κ2) is 4.18. The number of hydrogen-bond acceptors (Lipinski definition) is 2. The first kappa shape index (κ1) is 10.8. The van der Waals surface area contributed by atoms with Crippen LogP contribution >= 0.6 is 0 Å². The molecule has 0 radical (unpaired) electrons. The number of fused-ring (bicyclic) bond motifs is 1. The highest BCUT2D eigenvalue weighted by Gasteiger charge is 2.08. The van der Waals surface area contributed by atoms with Crippen molar-refractivity contribution in [2.45, 2.75) is 13.5 Å². The number of aryl methyl sites for hydroxylation is 1. The van der Waals surface area contributed by atoms with Crippen LogP contribution in [0.3, 0.4) is 0 Å². The Balaban J connectivity index is 2.03. The Bertz CT molecular complexity index is 706. The fraction of sp³-hybridized carbons (Fsp3) is 0.133. The van der Waals surface area contributed by atoms with E-state index in [1.807, 2.05) is 18.2 Å². The third-order valence-electron chi connectivity index (χ3n) is 3.13. The molecule has 3 rings (SSSR count). The molecule has 0 aliphatic heterocycles. The van der Waals surface area contributed by atoms with Crippen molar-refractivity contribution in [2.75, 3.05) is 0 Å². The predicted octanol–water partition coefficient (Wildman–Crippen LogP) is 3.40. The van der Waals surface area contributed by atoms with Crippen molar-refractivity contribution in [3.8, 4) is 0 Å². The van der Waals surface area contributed by atoms with Gasteiger partial charge in [0, 0.05) is 11.2 Å². The third kappa shape index (κ3) is 1.74. The molecule has 3 aromatic rings. The smallest absolute Gasteiger partial charge is 0.185 e. The van der Waals surface area contributed by atoms with E-state index in [0.29, 0.717) is 12.3 Å². The lowest BCUT2D eigenvalue weighted by atomic mass is 10.2. The summed E-state index contributed by atoms with van der Waals surface area (Å²) in [5.41, 5.74) is 2.36. The van der Waals surface area contributed by atoms with Gasteiger partial charge >= 0.3 is 0 Å². The minimum Gasteiger partial charge on any atom is -0.456 e. The molecule has 2 heterocycles. The van der Waals surface area contributed by atoms with E-state index in [2.05, 4.69) is 29.7 Å². The maximum Gasteiger partial charge on any atom is 0.185 e. The number of para-hydroxylation sites is 1. The fourth-order valence-corrected chi connectivity index (χ4v) is 2.26. The number of aromatic nitrogens is 1. The molecular formula is C15H13NO2. The monoisotopic (exact) mass is 239 g/mol. The van der Waals surface area contributed by atoms with Gasteiger partial charge in [-0.1, -0.05) is 18.2 Å². The maximum absolute atomic E-state index is 10.6. The quantitative estimate of drug-likeness (QED) is 0.656. The van der Waals surface area contributed by atoms with Gasteiger partial charge in [0.25, 0.3) is 0 Å². The highest BCUT2D eigenvalue weighted by molar-refractivity contribution is 5.81. The standard InChI is InChI=1S/C15H13NO2/c1-11-8-12-4-2-3-5-15(12)16(11)9-13-6-7-14(10-17)18-13/h2-8,10H,9H2,1H3. The van der Waals surface area contributed by atoms with Crippen LogP contribution in [0, 0.1) is 6.92 Å². The zero-order valence-corrected chi connectivity index (χ0v) is 10.1. The highest BCUT2D eigenvalue weighted by Crippen LogP contribution is 2.21. The minimum absolute atomic E-state index is 0.374. The van der Waals surface area contributed by atoms with Gasteiger partial charge in [-0.2, -0.15) is 0 Å². The number of rotatable bonds is 3. The molecule has 0 aliphatic rings. The van der Waals surface area contributed by atoms with Gasteiger partial charge in [-0.05, 0) is 36.6 Å². The van der Waals surface area contributed by atoms with Crippen molar-refractivity contribution >= 4 is 17.2 Å². The molecule has 0 saturated carbocycles. The van der Waals surface area contributed by atoms with E-state index in [9.17, 15) is 4.79 Å². The van der Waals surface area contributed by atoms with Gasteiger partial charge in [0.1, 0.15) is 5.76 Å². The second-order valence-electron chi connectivity index (χ2n) is 4.35. The highest BCUT2D eigenvalue weighted by atomic mass is 16.3. The number of furan rings is 1. The van der Waals surface area contributed by atoms with E-state index in [-0.39, 0.29) is 0 Å². The molecule has 0 spiro atoms. The van der Waals surface area contributed by atoms with Crippen molar-refractivity contribution in [3.05, 3.63) is 59.7 Å². The molecule has 0 aliphatic carbocycles. The summed E-state index contributed by atoms with van der Waals surface area (Å²) in [4.78, 5) is 10.6. The van der Waals surface area contributed by atoms with Crippen LogP contribution in [0.25, 0.3) is 10.9 Å². The number of carbonyl (C=O) groups is 1. The van der Waals surface area contributed by atoms with Crippen molar-refractivity contribution in [3.63, 3.8) is 0 Å². The molecule has 2 aromatic heterocycles. The van der Waals surface area contributed by atoms with Crippen LogP contribution in [-0.4, -0.2) is 10.9 Å². The summed E-state index contributed by atoms with van der Waals surface area (Å²) in [6.45, 7) is 2.72. The summed E-state index contributed by atoms with van der Waals surface area (Å²) in [7, 11) is 0. The Morgan fingerprint density at radius 1 is 1.22 bits per heavy atom. The van der Waals surface area contributed by atoms with Gasteiger partial charge in [-0.25, -0.2) is 0 Å². The minimum atomic E-state index is 0.374. The maximum atomic E-state index is 10.6. The molecule has 0 amide bonds. The molecule has 0 atom stereocenters. The van der Waals surface area contributed by atoms with E-state index in [1.54, 1.807) is 6.07 Å². The van der Waals surface area contributed by atoms with Gasteiger partial charge < -0.3 is 8.98 Å². The van der Waals surface area contributed by atoms with E-state index < -0.39 is 0 Å². The molecule has 3 heteroatoms. The zero-order chi connectivity index (χ0) is 12.5. The van der Waals surface area contributed by atoms with Crippen LogP contribution in [0.1, 0.15) is 22.0 Å². The molecule has 0 bridgehead atoms. The Morgan fingerprint density at radius 3 is 2.83 bits per heavy atom. The van der Waals surface area contributed by atoms with Crippen molar-refractivity contribution in [1.29, 1.82) is 0 Å². The molecule has 0 fully saturated rings. The van der Waals surface area contributed by atoms with E-state index in [4.69, 9.17) is 4.42 Å². The van der Waals surface area contributed by atoms with Crippen LogP contribution in [0.2, 0.25) is 0 Å². The third-order valence-corrected chi connectivity index (χ3v) is 3.13. The summed E-state index contributed by atoms with van der Waals surface area (Å²) in [6, 6.07) is 13.9. The molecule has 0 N–H and O–H groups in total. The summed E-state index contributed by atoms with van der Waals surface area (Å²) in [6.07, 6.45) is 0.726. The Hall–Kier alpha value is -2.29. The van der Waals surface area contributed by atoms with Crippen LogP contribution in [0.15, 0.2) is 46.9 Å². The number of nitrogens with zero attached hydrogens (tertiary/aromatic N) is 1. The molecule has 18 heavy (non-hydrogen) atoms. The second-order valence-corrected chi connectivity index (χ2v) is 4.35. The van der Waals surface area contributed by atoms with Gasteiger partial charge in [0.15, 0.2) is 12.0 Å². The van der Waals surface area contributed by atoms with Gasteiger partial charge in [0.2, 0.25) is 0 Å². The molecule has 1 aromatic carbocycles. The number of aldehydes is 1. The lowest BCUT2D eigenvalue weighted by Gasteiger charge is -2.05. The molecular weight excluding hydrogens is 226 g/mol. The Morgan fingerprint density at radius 2 is 2.06 bits per heavy atom. The molecule has 0 unspecified atom stereocenters.